The van der Waals surface area contributed by atoms with Crippen molar-refractivity contribution in [1.82, 2.24) is 4.98 Å². The summed E-state index contributed by atoms with van der Waals surface area (Å²) in [5, 5.41) is 4.69. The third-order valence-electron chi connectivity index (χ3n) is 1.99. The highest BCUT2D eigenvalue weighted by Gasteiger charge is 2.01. The number of pyridine rings is 1. The molecule has 0 amide bonds. The van der Waals surface area contributed by atoms with Gasteiger partial charge in [-0.05, 0) is 29.6 Å². The van der Waals surface area contributed by atoms with E-state index < -0.39 is 0 Å². The van der Waals surface area contributed by atoms with Gasteiger partial charge in [-0.2, -0.15) is 0 Å². The third-order valence-corrected chi connectivity index (χ3v) is 1.99. The Labute approximate surface area is 75.4 Å². The second-order valence-electron chi connectivity index (χ2n) is 2.95. The van der Waals surface area contributed by atoms with E-state index in [4.69, 9.17) is 0 Å². The van der Waals surface area contributed by atoms with E-state index in [2.05, 4.69) is 10.2 Å². The minimum absolute atomic E-state index is 0.265. The highest BCUT2D eigenvalue weighted by molar-refractivity contribution is 5.90. The summed E-state index contributed by atoms with van der Waals surface area (Å²) in [6.45, 7) is 1.97. The maximum absolute atomic E-state index is 10.4. The minimum Gasteiger partial charge on any atom is -0.234 e. The number of benzene rings is 1. The van der Waals surface area contributed by atoms with Crippen molar-refractivity contribution in [2.75, 3.05) is 0 Å². The molecule has 1 aromatic heterocycles. The SMILES string of the molecule is Cc1ccc2ccnc(N=O)c2c1. The third kappa shape index (κ3) is 1.28. The second kappa shape index (κ2) is 2.94. The maximum Gasteiger partial charge on any atom is 0.204 e. The van der Waals surface area contributed by atoms with Crippen LogP contribution in [0.2, 0.25) is 0 Å². The van der Waals surface area contributed by atoms with Crippen LogP contribution in [0.3, 0.4) is 0 Å². The van der Waals surface area contributed by atoms with Crippen molar-refractivity contribution in [2.45, 2.75) is 6.92 Å². The molecule has 0 saturated carbocycles. The molecule has 0 fully saturated rings. The first-order valence-electron chi connectivity index (χ1n) is 4.00. The van der Waals surface area contributed by atoms with Crippen molar-refractivity contribution in [3.63, 3.8) is 0 Å². The lowest BCUT2D eigenvalue weighted by atomic mass is 10.1. The van der Waals surface area contributed by atoms with E-state index in [1.165, 1.54) is 0 Å². The molecule has 0 unspecified atom stereocenters. The average molecular weight is 172 g/mol. The maximum atomic E-state index is 10.4. The van der Waals surface area contributed by atoms with Gasteiger partial charge in [0.2, 0.25) is 5.82 Å². The van der Waals surface area contributed by atoms with Crippen LogP contribution in [0.5, 0.6) is 0 Å². The van der Waals surface area contributed by atoms with Crippen molar-refractivity contribution in [3.8, 4) is 0 Å². The summed E-state index contributed by atoms with van der Waals surface area (Å²) in [5.41, 5.74) is 1.10. The molecule has 64 valence electrons. The van der Waals surface area contributed by atoms with Crippen LogP contribution in [0, 0.1) is 11.8 Å². The molecule has 0 atom stereocenters. The van der Waals surface area contributed by atoms with E-state index in [0.717, 1.165) is 16.3 Å². The van der Waals surface area contributed by atoms with Crippen LogP contribution < -0.4 is 0 Å². The molecule has 0 aliphatic carbocycles. The van der Waals surface area contributed by atoms with E-state index in [0.29, 0.717) is 0 Å². The quantitative estimate of drug-likeness (QED) is 0.620. The zero-order valence-electron chi connectivity index (χ0n) is 7.19. The number of nitroso groups, excluding NO2 is 1. The summed E-state index contributed by atoms with van der Waals surface area (Å²) in [5.74, 6) is 0.265. The summed E-state index contributed by atoms with van der Waals surface area (Å²) in [6.07, 6.45) is 1.59. The Bertz CT molecular complexity index is 465. The van der Waals surface area contributed by atoms with Gasteiger partial charge in [-0.15, -0.1) is 4.91 Å². The standard InChI is InChI=1S/C10H8N2O/c1-7-2-3-8-4-5-11-10(12-13)9(8)6-7/h2-6H,1H3. The Morgan fingerprint density at radius 1 is 1.31 bits per heavy atom. The van der Waals surface area contributed by atoms with Crippen molar-refractivity contribution >= 4 is 16.6 Å². The smallest absolute Gasteiger partial charge is 0.204 e. The van der Waals surface area contributed by atoms with Crippen LogP contribution >= 0.6 is 0 Å². The zero-order chi connectivity index (χ0) is 9.26. The van der Waals surface area contributed by atoms with E-state index in [1.807, 2.05) is 31.2 Å². The van der Waals surface area contributed by atoms with Crippen LogP contribution in [0.1, 0.15) is 5.56 Å². The monoisotopic (exact) mass is 172 g/mol. The Morgan fingerprint density at radius 2 is 2.15 bits per heavy atom. The molecule has 0 radical (unpaired) electrons. The Morgan fingerprint density at radius 3 is 2.92 bits per heavy atom. The van der Waals surface area contributed by atoms with Crippen molar-refractivity contribution < 1.29 is 0 Å². The lowest BCUT2D eigenvalue weighted by Crippen LogP contribution is -1.79. The molecule has 1 aromatic carbocycles. The number of nitrogens with zero attached hydrogens (tertiary/aromatic N) is 2. The summed E-state index contributed by atoms with van der Waals surface area (Å²) in [6, 6.07) is 7.74. The molecule has 0 aliphatic rings. The molecule has 2 rings (SSSR count). The molecular weight excluding hydrogens is 164 g/mol. The zero-order valence-corrected chi connectivity index (χ0v) is 7.19. The summed E-state index contributed by atoms with van der Waals surface area (Å²) >= 11 is 0. The number of aryl methyl sites for hydroxylation is 1. The van der Waals surface area contributed by atoms with Gasteiger partial charge in [-0.3, -0.25) is 0 Å². The van der Waals surface area contributed by atoms with Crippen LogP contribution in [-0.4, -0.2) is 4.98 Å². The minimum atomic E-state index is 0.265. The predicted octanol–water partition coefficient (Wildman–Crippen LogP) is 2.94. The number of rotatable bonds is 1. The number of hydrogen-bond acceptors (Lipinski definition) is 3. The predicted molar refractivity (Wildman–Crippen MR) is 51.9 cm³/mol. The van der Waals surface area contributed by atoms with Gasteiger partial charge in [-0.25, -0.2) is 4.98 Å². The van der Waals surface area contributed by atoms with Gasteiger partial charge in [0.25, 0.3) is 0 Å². The topological polar surface area (TPSA) is 42.3 Å². The fourth-order valence-electron chi connectivity index (χ4n) is 1.34. The molecule has 0 aliphatic heterocycles. The molecular formula is C10H8N2O. The largest absolute Gasteiger partial charge is 0.234 e. The fourth-order valence-corrected chi connectivity index (χ4v) is 1.34. The molecule has 2 aromatic rings. The molecule has 0 saturated heterocycles. The normalized spacial score (nSPS) is 10.2. The van der Waals surface area contributed by atoms with Crippen LogP contribution in [0.15, 0.2) is 35.6 Å². The first kappa shape index (κ1) is 7.86. The van der Waals surface area contributed by atoms with Gasteiger partial charge in [0.1, 0.15) is 0 Å². The van der Waals surface area contributed by atoms with Crippen molar-refractivity contribution in [3.05, 3.63) is 40.9 Å². The van der Waals surface area contributed by atoms with Crippen LogP contribution in [-0.2, 0) is 0 Å². The first-order chi connectivity index (χ1) is 6.31. The van der Waals surface area contributed by atoms with Gasteiger partial charge in [0.15, 0.2) is 0 Å². The summed E-state index contributed by atoms with van der Waals surface area (Å²) < 4.78 is 0. The molecule has 0 spiro atoms. The average Bonchev–Trinajstić information content (AvgIpc) is 2.17. The molecule has 13 heavy (non-hydrogen) atoms. The number of hydrogen-bond donors (Lipinski definition) is 0. The summed E-state index contributed by atoms with van der Waals surface area (Å²) in [7, 11) is 0. The van der Waals surface area contributed by atoms with Crippen LogP contribution in [0.4, 0.5) is 5.82 Å². The molecule has 3 heteroatoms. The Hall–Kier alpha value is -1.77. The van der Waals surface area contributed by atoms with Crippen LogP contribution in [0.25, 0.3) is 10.8 Å². The van der Waals surface area contributed by atoms with Gasteiger partial charge < -0.3 is 0 Å². The second-order valence-corrected chi connectivity index (χ2v) is 2.95. The Balaban J connectivity index is 2.86. The van der Waals surface area contributed by atoms with Gasteiger partial charge in [0.05, 0.1) is 0 Å². The fraction of sp³-hybridized carbons (Fsp3) is 0.100. The van der Waals surface area contributed by atoms with E-state index >= 15 is 0 Å². The first-order valence-corrected chi connectivity index (χ1v) is 4.00. The molecule has 0 N–H and O–H groups in total. The number of aromatic nitrogens is 1. The lowest BCUT2D eigenvalue weighted by molar-refractivity contribution is 1.29. The van der Waals surface area contributed by atoms with E-state index in [9.17, 15) is 4.91 Å². The summed E-state index contributed by atoms with van der Waals surface area (Å²) in [4.78, 5) is 14.3. The van der Waals surface area contributed by atoms with E-state index in [-0.39, 0.29) is 5.82 Å². The molecule has 1 heterocycles. The van der Waals surface area contributed by atoms with Crippen molar-refractivity contribution in [2.24, 2.45) is 5.18 Å². The van der Waals surface area contributed by atoms with E-state index in [1.54, 1.807) is 6.20 Å². The molecule has 0 bridgehead atoms. The molecule has 3 nitrogen and oxygen atoms in total. The van der Waals surface area contributed by atoms with Gasteiger partial charge >= 0.3 is 0 Å². The lowest BCUT2D eigenvalue weighted by Gasteiger charge is -1.99. The highest BCUT2D eigenvalue weighted by Crippen LogP contribution is 2.23. The highest BCUT2D eigenvalue weighted by atomic mass is 16.3. The van der Waals surface area contributed by atoms with Gasteiger partial charge in [-0.1, -0.05) is 17.7 Å². The van der Waals surface area contributed by atoms with Crippen molar-refractivity contribution in [1.29, 1.82) is 0 Å². The number of fused-ring (bicyclic) bond motifs is 1. The Kier molecular flexibility index (Phi) is 1.77. The van der Waals surface area contributed by atoms with Gasteiger partial charge in [0, 0.05) is 11.6 Å².